The molecule has 0 aliphatic carbocycles. The van der Waals surface area contributed by atoms with Crippen LogP contribution in [0.1, 0.15) is 35.1 Å². The Labute approximate surface area is 180 Å². The molecule has 0 bridgehead atoms. The van der Waals surface area contributed by atoms with Crippen LogP contribution in [0.25, 0.3) is 5.57 Å². The smallest absolute Gasteiger partial charge is 0.415 e. The molecular formula is C23H24N4O4. The third kappa shape index (κ3) is 4.74. The van der Waals surface area contributed by atoms with Gasteiger partial charge in [0, 0.05) is 25.5 Å². The third-order valence-electron chi connectivity index (χ3n) is 5.17. The summed E-state index contributed by atoms with van der Waals surface area (Å²) in [4.78, 5) is 37.0. The highest BCUT2D eigenvalue weighted by molar-refractivity contribution is 5.98. The van der Waals surface area contributed by atoms with Gasteiger partial charge in [-0.25, -0.2) is 14.8 Å². The average molecular weight is 420 g/mol. The van der Waals surface area contributed by atoms with Crippen molar-refractivity contribution in [2.45, 2.75) is 19.9 Å². The van der Waals surface area contributed by atoms with Gasteiger partial charge < -0.3 is 19.3 Å². The van der Waals surface area contributed by atoms with Crippen LogP contribution in [0, 0.1) is 0 Å². The molecule has 0 N–H and O–H groups in total. The molecule has 3 heterocycles. The van der Waals surface area contributed by atoms with E-state index in [-0.39, 0.29) is 5.91 Å². The molecule has 2 amide bonds. The Hall–Kier alpha value is -3.68. The normalized spacial score (nSPS) is 16.0. The molecule has 1 aromatic heterocycles. The molecule has 0 atom stereocenters. The lowest BCUT2D eigenvalue weighted by molar-refractivity contribution is 0.0738. The highest BCUT2D eigenvalue weighted by Crippen LogP contribution is 2.30. The maximum absolute atomic E-state index is 13.2. The number of hydrogen-bond donors (Lipinski definition) is 0. The van der Waals surface area contributed by atoms with Crippen LogP contribution in [0.2, 0.25) is 0 Å². The van der Waals surface area contributed by atoms with Crippen molar-refractivity contribution in [2.24, 2.45) is 0 Å². The molecule has 0 saturated heterocycles. The highest BCUT2D eigenvalue weighted by atomic mass is 16.6. The summed E-state index contributed by atoms with van der Waals surface area (Å²) in [6, 6.07) is 7.41. The number of amides is 2. The van der Waals surface area contributed by atoms with E-state index < -0.39 is 6.09 Å². The lowest BCUT2D eigenvalue weighted by atomic mass is 9.97. The summed E-state index contributed by atoms with van der Waals surface area (Å²) in [5.74, 6) is 1.43. The van der Waals surface area contributed by atoms with E-state index in [9.17, 15) is 9.59 Å². The minimum absolute atomic E-state index is 0.107. The minimum Gasteiger partial charge on any atom is -0.491 e. The molecule has 2 aliphatic heterocycles. The molecule has 0 radical (unpaired) electrons. The van der Waals surface area contributed by atoms with Crippen LogP contribution in [0.4, 0.5) is 4.79 Å². The number of nitrogens with zero attached hydrogens (tertiary/aromatic N) is 4. The summed E-state index contributed by atoms with van der Waals surface area (Å²) in [5.41, 5.74) is 2.55. The SMILES string of the molecule is C=C(C)OC(=O)N1CC=C(c2ccc3c(c2)C(=O)N(Cc2ncccn2)CCO3)CC1. The van der Waals surface area contributed by atoms with E-state index in [2.05, 4.69) is 16.5 Å². The van der Waals surface area contributed by atoms with Crippen molar-refractivity contribution >= 4 is 17.6 Å². The topological polar surface area (TPSA) is 84.9 Å². The number of aromatic nitrogens is 2. The van der Waals surface area contributed by atoms with E-state index in [1.54, 1.807) is 35.2 Å². The van der Waals surface area contributed by atoms with Crippen molar-refractivity contribution in [3.63, 3.8) is 0 Å². The van der Waals surface area contributed by atoms with Crippen LogP contribution in [-0.2, 0) is 11.3 Å². The van der Waals surface area contributed by atoms with Gasteiger partial charge in [0.05, 0.1) is 24.4 Å². The summed E-state index contributed by atoms with van der Waals surface area (Å²) in [6.45, 7) is 7.43. The fourth-order valence-corrected chi connectivity index (χ4v) is 3.60. The molecule has 8 nitrogen and oxygen atoms in total. The van der Waals surface area contributed by atoms with E-state index in [1.165, 1.54) is 0 Å². The number of ether oxygens (including phenoxy) is 2. The second kappa shape index (κ2) is 8.99. The van der Waals surface area contributed by atoms with E-state index in [0.29, 0.717) is 62.1 Å². The number of benzene rings is 1. The first-order chi connectivity index (χ1) is 15.0. The van der Waals surface area contributed by atoms with Crippen LogP contribution in [0.3, 0.4) is 0 Å². The van der Waals surface area contributed by atoms with Gasteiger partial charge in [-0.3, -0.25) is 4.79 Å². The maximum Gasteiger partial charge on any atom is 0.415 e. The van der Waals surface area contributed by atoms with E-state index >= 15 is 0 Å². The van der Waals surface area contributed by atoms with Gasteiger partial charge in [-0.05, 0) is 42.7 Å². The van der Waals surface area contributed by atoms with Crippen LogP contribution in [0.15, 0.2) is 55.1 Å². The zero-order chi connectivity index (χ0) is 21.8. The molecule has 0 unspecified atom stereocenters. The van der Waals surface area contributed by atoms with Gasteiger partial charge in [0.15, 0.2) is 0 Å². The standard InChI is InChI=1S/C23H24N4O4/c1-16(2)31-23(29)26-10-6-17(7-11-26)18-4-5-20-19(14-18)22(28)27(12-13-30-20)15-21-24-8-3-9-25-21/h3-6,8-9,14H,1,7,10-13,15H2,2H3. The van der Waals surface area contributed by atoms with Crippen LogP contribution < -0.4 is 4.74 Å². The number of carbonyl (C=O) groups is 2. The quantitative estimate of drug-likeness (QED) is 0.706. The first kappa shape index (κ1) is 20.6. The monoisotopic (exact) mass is 420 g/mol. The van der Waals surface area contributed by atoms with Crippen molar-refractivity contribution in [3.05, 3.63) is 72.0 Å². The third-order valence-corrected chi connectivity index (χ3v) is 5.17. The summed E-state index contributed by atoms with van der Waals surface area (Å²) in [7, 11) is 0. The molecule has 0 spiro atoms. The Balaban J connectivity index is 1.52. The second-order valence-electron chi connectivity index (χ2n) is 7.45. The van der Waals surface area contributed by atoms with Gasteiger partial charge in [0.25, 0.3) is 5.91 Å². The van der Waals surface area contributed by atoms with Crippen LogP contribution in [-0.4, -0.2) is 58.0 Å². The molecule has 2 aromatic rings. The van der Waals surface area contributed by atoms with Gasteiger partial charge >= 0.3 is 6.09 Å². The van der Waals surface area contributed by atoms with E-state index in [0.717, 1.165) is 11.1 Å². The van der Waals surface area contributed by atoms with Gasteiger partial charge in [0.1, 0.15) is 18.2 Å². The van der Waals surface area contributed by atoms with Crippen molar-refractivity contribution in [3.8, 4) is 5.75 Å². The maximum atomic E-state index is 13.2. The number of fused-ring (bicyclic) bond motifs is 1. The Kier molecular flexibility index (Phi) is 5.97. The average Bonchev–Trinajstić information content (AvgIpc) is 2.93. The van der Waals surface area contributed by atoms with E-state index in [1.807, 2.05) is 24.3 Å². The molecule has 4 rings (SSSR count). The molecule has 1 aromatic carbocycles. The molecule has 31 heavy (non-hydrogen) atoms. The molecule has 160 valence electrons. The van der Waals surface area contributed by atoms with Crippen molar-refractivity contribution in [1.29, 1.82) is 0 Å². The lowest BCUT2D eigenvalue weighted by Crippen LogP contribution is -2.34. The zero-order valence-electron chi connectivity index (χ0n) is 17.4. The Morgan fingerprint density at radius 2 is 2.06 bits per heavy atom. The predicted molar refractivity (Wildman–Crippen MR) is 114 cm³/mol. The number of carbonyl (C=O) groups excluding carboxylic acids is 2. The number of allylic oxidation sites excluding steroid dienone is 1. The van der Waals surface area contributed by atoms with Crippen molar-refractivity contribution in [1.82, 2.24) is 19.8 Å². The first-order valence-corrected chi connectivity index (χ1v) is 10.1. The van der Waals surface area contributed by atoms with Gasteiger partial charge in [-0.15, -0.1) is 0 Å². The number of rotatable bonds is 4. The summed E-state index contributed by atoms with van der Waals surface area (Å²) in [5, 5.41) is 0. The van der Waals surface area contributed by atoms with E-state index in [4.69, 9.17) is 9.47 Å². The summed E-state index contributed by atoms with van der Waals surface area (Å²) < 4.78 is 10.9. The highest BCUT2D eigenvalue weighted by Gasteiger charge is 2.26. The van der Waals surface area contributed by atoms with Gasteiger partial charge in [-0.2, -0.15) is 0 Å². The minimum atomic E-state index is -0.396. The molecule has 0 saturated carbocycles. The Morgan fingerprint density at radius 3 is 2.77 bits per heavy atom. The van der Waals surface area contributed by atoms with Crippen molar-refractivity contribution < 1.29 is 19.1 Å². The molecule has 2 aliphatic rings. The Bertz CT molecular complexity index is 1040. The first-order valence-electron chi connectivity index (χ1n) is 10.1. The number of hydrogen-bond acceptors (Lipinski definition) is 6. The largest absolute Gasteiger partial charge is 0.491 e. The summed E-state index contributed by atoms with van der Waals surface area (Å²) >= 11 is 0. The van der Waals surface area contributed by atoms with Gasteiger partial charge in [0.2, 0.25) is 0 Å². The summed E-state index contributed by atoms with van der Waals surface area (Å²) in [6.07, 6.45) is 5.59. The molecule has 0 fully saturated rings. The molecule has 8 heteroatoms. The van der Waals surface area contributed by atoms with Crippen LogP contribution in [0.5, 0.6) is 5.75 Å². The lowest BCUT2D eigenvalue weighted by Gasteiger charge is -2.26. The van der Waals surface area contributed by atoms with Crippen molar-refractivity contribution in [2.75, 3.05) is 26.2 Å². The second-order valence-corrected chi connectivity index (χ2v) is 7.45. The van der Waals surface area contributed by atoms with Gasteiger partial charge in [-0.1, -0.05) is 18.7 Å². The Morgan fingerprint density at radius 1 is 1.26 bits per heavy atom. The fraction of sp³-hybridized carbons (Fsp3) is 0.304. The predicted octanol–water partition coefficient (Wildman–Crippen LogP) is 3.27. The zero-order valence-corrected chi connectivity index (χ0v) is 17.4. The molecular weight excluding hydrogens is 396 g/mol. The van der Waals surface area contributed by atoms with Crippen LogP contribution >= 0.6 is 0 Å². The fourth-order valence-electron chi connectivity index (χ4n) is 3.60.